The van der Waals surface area contributed by atoms with Crippen LogP contribution in [0.2, 0.25) is 0 Å². The van der Waals surface area contributed by atoms with Crippen molar-refractivity contribution in [3.05, 3.63) is 41.5 Å². The molecule has 0 aliphatic heterocycles. The van der Waals surface area contributed by atoms with Crippen molar-refractivity contribution in [1.82, 2.24) is 0 Å². The molecule has 2 aromatic carbocycles. The number of carbonyl (C=O) groups excluding carboxylic acids is 1. The van der Waals surface area contributed by atoms with Gasteiger partial charge in [0.2, 0.25) is 5.75 Å². The van der Waals surface area contributed by atoms with Crippen molar-refractivity contribution in [3.8, 4) is 17.2 Å². The van der Waals surface area contributed by atoms with Crippen molar-refractivity contribution < 1.29 is 19.0 Å². The number of hydrogen-bond acceptors (Lipinski definition) is 5. The summed E-state index contributed by atoms with van der Waals surface area (Å²) in [7, 11) is 4.58. The molecule has 1 unspecified atom stereocenters. The molecule has 2 rings (SSSR count). The van der Waals surface area contributed by atoms with E-state index >= 15 is 0 Å². The fourth-order valence-electron chi connectivity index (χ4n) is 2.57. The van der Waals surface area contributed by atoms with Crippen molar-refractivity contribution in [2.24, 2.45) is 0 Å². The summed E-state index contributed by atoms with van der Waals surface area (Å²) in [6, 6.07) is 9.35. The Morgan fingerprint density at radius 2 is 1.70 bits per heavy atom. The van der Waals surface area contributed by atoms with Crippen LogP contribution in [0.3, 0.4) is 0 Å². The van der Waals surface area contributed by atoms with Crippen LogP contribution in [0, 0.1) is 6.92 Å². The quantitative estimate of drug-likeness (QED) is 0.632. The standard InChI is InChI=1S/C21H27NO4S/c1-7-14(3)27-16-8-9-17(13(2)10-16)22-21(23)15-11-18(24-4)20(26-6)19(12-15)25-5/h8-12,14H,7H2,1-6H3,(H,22,23). The molecule has 1 N–H and O–H groups in total. The number of benzene rings is 2. The Kier molecular flexibility index (Phi) is 7.42. The Bertz CT molecular complexity index is 782. The SMILES string of the molecule is CCC(C)Sc1ccc(NC(=O)c2cc(OC)c(OC)c(OC)c2)c(C)c1. The molecule has 0 aromatic heterocycles. The zero-order valence-corrected chi connectivity index (χ0v) is 17.5. The molecule has 0 radical (unpaired) electrons. The lowest BCUT2D eigenvalue weighted by atomic mass is 10.1. The smallest absolute Gasteiger partial charge is 0.255 e. The van der Waals surface area contributed by atoms with Crippen LogP contribution >= 0.6 is 11.8 Å². The van der Waals surface area contributed by atoms with Gasteiger partial charge in [-0.15, -0.1) is 11.8 Å². The van der Waals surface area contributed by atoms with Gasteiger partial charge in [-0.1, -0.05) is 13.8 Å². The van der Waals surface area contributed by atoms with Crippen molar-refractivity contribution in [3.63, 3.8) is 0 Å². The first kappa shape index (κ1) is 21.0. The van der Waals surface area contributed by atoms with E-state index in [1.807, 2.05) is 30.8 Å². The molecule has 0 saturated heterocycles. The zero-order chi connectivity index (χ0) is 20.0. The Morgan fingerprint density at radius 3 is 2.19 bits per heavy atom. The summed E-state index contributed by atoms with van der Waals surface area (Å²) in [5.74, 6) is 1.11. The fraction of sp³-hybridized carbons (Fsp3) is 0.381. The Morgan fingerprint density at radius 1 is 1.07 bits per heavy atom. The van der Waals surface area contributed by atoms with E-state index in [0.717, 1.165) is 17.7 Å². The molecule has 146 valence electrons. The van der Waals surface area contributed by atoms with Gasteiger partial charge >= 0.3 is 0 Å². The van der Waals surface area contributed by atoms with Crippen molar-refractivity contribution in [2.75, 3.05) is 26.6 Å². The van der Waals surface area contributed by atoms with Gasteiger partial charge in [0.1, 0.15) is 0 Å². The van der Waals surface area contributed by atoms with Crippen LogP contribution in [0.4, 0.5) is 5.69 Å². The number of amides is 1. The van der Waals surface area contributed by atoms with Crippen LogP contribution in [-0.2, 0) is 0 Å². The molecule has 0 spiro atoms. The van der Waals surface area contributed by atoms with Gasteiger partial charge < -0.3 is 19.5 Å². The van der Waals surface area contributed by atoms with Crippen LogP contribution in [0.15, 0.2) is 35.2 Å². The third kappa shape index (κ3) is 5.10. The number of aryl methyl sites for hydroxylation is 1. The highest BCUT2D eigenvalue weighted by Gasteiger charge is 2.17. The maximum Gasteiger partial charge on any atom is 0.255 e. The molecule has 0 saturated carbocycles. The normalized spacial score (nSPS) is 11.6. The summed E-state index contributed by atoms with van der Waals surface area (Å²) in [6.07, 6.45) is 1.11. The monoisotopic (exact) mass is 389 g/mol. The van der Waals surface area contributed by atoms with Crippen molar-refractivity contribution in [1.29, 1.82) is 0 Å². The number of anilines is 1. The Labute approximate surface area is 165 Å². The fourth-order valence-corrected chi connectivity index (χ4v) is 3.59. The number of rotatable bonds is 8. The minimum Gasteiger partial charge on any atom is -0.493 e. The van der Waals surface area contributed by atoms with E-state index in [2.05, 4.69) is 25.2 Å². The van der Waals surface area contributed by atoms with Gasteiger partial charge in [-0.25, -0.2) is 0 Å². The van der Waals surface area contributed by atoms with E-state index in [-0.39, 0.29) is 5.91 Å². The van der Waals surface area contributed by atoms with Crippen LogP contribution in [0.5, 0.6) is 17.2 Å². The molecular weight excluding hydrogens is 362 g/mol. The second-order valence-corrected chi connectivity index (χ2v) is 7.69. The summed E-state index contributed by atoms with van der Waals surface area (Å²) in [5.41, 5.74) is 2.23. The van der Waals surface area contributed by atoms with Crippen molar-refractivity contribution >= 4 is 23.4 Å². The summed E-state index contributed by atoms with van der Waals surface area (Å²) >= 11 is 1.84. The number of thioether (sulfide) groups is 1. The van der Waals surface area contributed by atoms with E-state index < -0.39 is 0 Å². The van der Waals surface area contributed by atoms with Gasteiger partial charge in [-0.05, 0) is 49.2 Å². The molecule has 0 fully saturated rings. The molecule has 6 heteroatoms. The zero-order valence-electron chi connectivity index (χ0n) is 16.7. The highest BCUT2D eigenvalue weighted by Crippen LogP contribution is 2.38. The second-order valence-electron chi connectivity index (χ2n) is 6.18. The van der Waals surface area contributed by atoms with Crippen LogP contribution < -0.4 is 19.5 Å². The summed E-state index contributed by atoms with van der Waals surface area (Å²) in [6.45, 7) is 6.38. The Balaban J connectivity index is 2.24. The summed E-state index contributed by atoms with van der Waals surface area (Å²) < 4.78 is 15.9. The van der Waals surface area contributed by atoms with Gasteiger partial charge in [0.15, 0.2) is 11.5 Å². The highest BCUT2D eigenvalue weighted by atomic mass is 32.2. The average Bonchev–Trinajstić information content (AvgIpc) is 2.68. The molecule has 2 aromatic rings. The predicted molar refractivity (Wildman–Crippen MR) is 111 cm³/mol. The number of hydrogen-bond donors (Lipinski definition) is 1. The number of nitrogens with one attached hydrogen (secondary N) is 1. The number of carbonyl (C=O) groups is 1. The lowest BCUT2D eigenvalue weighted by Crippen LogP contribution is -2.13. The molecule has 0 heterocycles. The molecule has 1 amide bonds. The second kappa shape index (κ2) is 9.55. The lowest BCUT2D eigenvalue weighted by molar-refractivity contribution is 0.102. The van der Waals surface area contributed by atoms with Gasteiger partial charge in [0.25, 0.3) is 5.91 Å². The lowest BCUT2D eigenvalue weighted by Gasteiger charge is -2.15. The van der Waals surface area contributed by atoms with Crippen LogP contribution in [0.1, 0.15) is 36.2 Å². The molecule has 27 heavy (non-hydrogen) atoms. The first-order valence-corrected chi connectivity index (χ1v) is 9.70. The predicted octanol–water partition coefficient (Wildman–Crippen LogP) is 5.16. The maximum atomic E-state index is 12.7. The van der Waals surface area contributed by atoms with E-state index in [1.54, 1.807) is 12.1 Å². The largest absolute Gasteiger partial charge is 0.493 e. The van der Waals surface area contributed by atoms with Crippen molar-refractivity contribution in [2.45, 2.75) is 37.3 Å². The number of methoxy groups -OCH3 is 3. The molecule has 0 aliphatic carbocycles. The highest BCUT2D eigenvalue weighted by molar-refractivity contribution is 7.99. The molecular formula is C21H27NO4S. The van der Waals surface area contributed by atoms with Crippen LogP contribution in [0.25, 0.3) is 0 Å². The van der Waals surface area contributed by atoms with E-state index in [0.29, 0.717) is 28.1 Å². The van der Waals surface area contributed by atoms with E-state index in [9.17, 15) is 4.79 Å². The van der Waals surface area contributed by atoms with Gasteiger partial charge in [-0.2, -0.15) is 0 Å². The molecule has 1 atom stereocenters. The maximum absolute atomic E-state index is 12.7. The third-order valence-corrected chi connectivity index (χ3v) is 5.55. The van der Waals surface area contributed by atoms with Gasteiger partial charge in [-0.3, -0.25) is 4.79 Å². The van der Waals surface area contributed by atoms with Gasteiger partial charge in [0, 0.05) is 21.4 Å². The minimum absolute atomic E-state index is 0.236. The topological polar surface area (TPSA) is 56.8 Å². The first-order valence-electron chi connectivity index (χ1n) is 8.82. The molecule has 5 nitrogen and oxygen atoms in total. The average molecular weight is 390 g/mol. The molecule has 0 bridgehead atoms. The number of ether oxygens (including phenoxy) is 3. The minimum atomic E-state index is -0.236. The van der Waals surface area contributed by atoms with Crippen LogP contribution in [-0.4, -0.2) is 32.5 Å². The van der Waals surface area contributed by atoms with Gasteiger partial charge in [0.05, 0.1) is 21.3 Å². The molecule has 0 aliphatic rings. The summed E-state index contributed by atoms with van der Waals surface area (Å²) in [5, 5.41) is 3.52. The summed E-state index contributed by atoms with van der Waals surface area (Å²) in [4.78, 5) is 13.9. The first-order chi connectivity index (χ1) is 12.9. The van der Waals surface area contributed by atoms with E-state index in [4.69, 9.17) is 14.2 Å². The third-order valence-electron chi connectivity index (χ3n) is 4.29. The van der Waals surface area contributed by atoms with E-state index in [1.165, 1.54) is 26.2 Å². The Hall–Kier alpha value is -2.34.